The summed E-state index contributed by atoms with van der Waals surface area (Å²) in [6, 6.07) is 0. The molecule has 0 spiro atoms. The molecule has 0 aliphatic rings. The molecule has 1 N–H and O–H groups in total. The maximum atomic E-state index is 10.3. The number of rotatable bonds is 2. The van der Waals surface area contributed by atoms with Gasteiger partial charge >= 0.3 is 5.97 Å². The summed E-state index contributed by atoms with van der Waals surface area (Å²) in [4.78, 5) is 10.3. The van der Waals surface area contributed by atoms with Gasteiger partial charge in [0.05, 0.1) is 5.41 Å². The number of hydrogen-bond acceptors (Lipinski definition) is 1. The summed E-state index contributed by atoms with van der Waals surface area (Å²) in [7, 11) is 0. The van der Waals surface area contributed by atoms with Crippen molar-refractivity contribution >= 4 is 5.97 Å². The summed E-state index contributed by atoms with van der Waals surface area (Å²) in [5.74, 6) is -0.722. The Morgan fingerprint density at radius 2 is 1.89 bits per heavy atom. The average Bonchev–Trinajstić information content (AvgIpc) is 1.67. The fraction of sp³-hybridized carbons (Fsp3) is 0.833. The molecule has 0 unspecified atom stereocenters. The first-order valence-corrected chi connectivity index (χ1v) is 2.74. The SMILES string of the molecule is CCC(C)(C)C(=O)O.[Zn]. The van der Waals surface area contributed by atoms with E-state index in [1.165, 1.54) is 0 Å². The molecule has 0 saturated carbocycles. The van der Waals surface area contributed by atoms with Crippen LogP contribution >= 0.6 is 0 Å². The number of aliphatic carboxylic acids is 1. The van der Waals surface area contributed by atoms with E-state index in [1.54, 1.807) is 13.8 Å². The molecule has 0 aromatic carbocycles. The molecule has 0 radical (unpaired) electrons. The van der Waals surface area contributed by atoms with Crippen molar-refractivity contribution in [3.05, 3.63) is 0 Å². The van der Waals surface area contributed by atoms with Crippen molar-refractivity contribution in [3.8, 4) is 0 Å². The molecule has 0 bridgehead atoms. The Bertz CT molecular complexity index is 99.2. The van der Waals surface area contributed by atoms with E-state index in [1.807, 2.05) is 6.92 Å². The second-order valence-electron chi connectivity index (χ2n) is 2.54. The zero-order chi connectivity index (χ0) is 6.78. The quantitative estimate of drug-likeness (QED) is 0.656. The molecule has 0 aromatic rings. The number of carboxylic acids is 1. The van der Waals surface area contributed by atoms with Crippen LogP contribution in [0.25, 0.3) is 0 Å². The van der Waals surface area contributed by atoms with Gasteiger partial charge in [-0.05, 0) is 20.3 Å². The van der Waals surface area contributed by atoms with E-state index < -0.39 is 11.4 Å². The minimum atomic E-state index is -0.722. The summed E-state index contributed by atoms with van der Waals surface area (Å²) < 4.78 is 0. The number of carbonyl (C=O) groups is 1. The van der Waals surface area contributed by atoms with Gasteiger partial charge in [0.2, 0.25) is 0 Å². The Morgan fingerprint density at radius 1 is 1.56 bits per heavy atom. The average molecular weight is 182 g/mol. The van der Waals surface area contributed by atoms with E-state index in [4.69, 9.17) is 5.11 Å². The smallest absolute Gasteiger partial charge is 0.309 e. The van der Waals surface area contributed by atoms with E-state index in [0.717, 1.165) is 0 Å². The first kappa shape index (κ1) is 11.8. The van der Waals surface area contributed by atoms with E-state index in [0.29, 0.717) is 6.42 Å². The normalized spacial score (nSPS) is 10.1. The van der Waals surface area contributed by atoms with Crippen LogP contribution in [-0.2, 0) is 24.3 Å². The molecule has 0 aliphatic carbocycles. The molecular weight excluding hydrogens is 169 g/mol. The molecule has 2 nitrogen and oxygen atoms in total. The van der Waals surface area contributed by atoms with E-state index >= 15 is 0 Å². The van der Waals surface area contributed by atoms with Crippen LogP contribution in [0.5, 0.6) is 0 Å². The largest absolute Gasteiger partial charge is 0.481 e. The summed E-state index contributed by atoms with van der Waals surface area (Å²) >= 11 is 0. The zero-order valence-corrected chi connectivity index (χ0v) is 9.24. The number of carboxylic acid groups (broad SMARTS) is 1. The van der Waals surface area contributed by atoms with Gasteiger partial charge in [-0.2, -0.15) is 0 Å². The van der Waals surface area contributed by atoms with Crippen molar-refractivity contribution in [3.63, 3.8) is 0 Å². The second kappa shape index (κ2) is 4.00. The van der Waals surface area contributed by atoms with Gasteiger partial charge in [0, 0.05) is 19.5 Å². The maximum absolute atomic E-state index is 10.3. The Hall–Kier alpha value is 0.0934. The van der Waals surface area contributed by atoms with Gasteiger partial charge in [0.1, 0.15) is 0 Å². The molecule has 0 fully saturated rings. The van der Waals surface area contributed by atoms with Crippen LogP contribution in [0, 0.1) is 5.41 Å². The Balaban J connectivity index is 0. The van der Waals surface area contributed by atoms with Gasteiger partial charge in [0.25, 0.3) is 0 Å². The molecule has 0 aromatic heterocycles. The molecule has 0 amide bonds. The Kier molecular flexibility index (Phi) is 5.26. The van der Waals surface area contributed by atoms with E-state index in [2.05, 4.69) is 0 Å². The zero-order valence-electron chi connectivity index (χ0n) is 6.27. The molecular formula is C6H12O2Zn. The van der Waals surface area contributed by atoms with E-state index in [9.17, 15) is 4.79 Å². The second-order valence-corrected chi connectivity index (χ2v) is 2.54. The molecule has 0 heterocycles. The fourth-order valence-corrected chi connectivity index (χ4v) is 0.151. The first-order chi connectivity index (χ1) is 3.50. The summed E-state index contributed by atoms with van der Waals surface area (Å²) in [6.07, 6.45) is 0.683. The predicted molar refractivity (Wildman–Crippen MR) is 31.7 cm³/mol. The summed E-state index contributed by atoms with van der Waals surface area (Å²) in [5.41, 5.74) is -0.542. The van der Waals surface area contributed by atoms with Crippen LogP contribution in [0.15, 0.2) is 0 Å². The summed E-state index contributed by atoms with van der Waals surface area (Å²) in [5, 5.41) is 8.44. The van der Waals surface area contributed by atoms with Crippen LogP contribution in [0.4, 0.5) is 0 Å². The molecule has 0 aliphatic heterocycles. The molecule has 50 valence electrons. The molecule has 9 heavy (non-hydrogen) atoms. The minimum absolute atomic E-state index is 0. The van der Waals surface area contributed by atoms with Crippen LogP contribution in [0.2, 0.25) is 0 Å². The number of hydrogen-bond donors (Lipinski definition) is 1. The Labute approximate surface area is 68.4 Å². The van der Waals surface area contributed by atoms with Crippen LogP contribution < -0.4 is 0 Å². The monoisotopic (exact) mass is 180 g/mol. The molecule has 0 rings (SSSR count). The van der Waals surface area contributed by atoms with Crippen molar-refractivity contribution in [2.24, 2.45) is 5.41 Å². The van der Waals surface area contributed by atoms with Crippen molar-refractivity contribution in [2.45, 2.75) is 27.2 Å². The molecule has 0 atom stereocenters. The van der Waals surface area contributed by atoms with Crippen molar-refractivity contribution in [1.82, 2.24) is 0 Å². The van der Waals surface area contributed by atoms with Gasteiger partial charge in [-0.3, -0.25) is 4.79 Å². The third-order valence-corrected chi connectivity index (χ3v) is 1.46. The van der Waals surface area contributed by atoms with Crippen molar-refractivity contribution in [2.75, 3.05) is 0 Å². The van der Waals surface area contributed by atoms with Gasteiger partial charge in [0.15, 0.2) is 0 Å². The Morgan fingerprint density at radius 3 is 1.89 bits per heavy atom. The van der Waals surface area contributed by atoms with Crippen LogP contribution in [0.3, 0.4) is 0 Å². The standard InChI is InChI=1S/C6H12O2.Zn/c1-4-6(2,3)5(7)8;/h4H2,1-3H3,(H,7,8);. The van der Waals surface area contributed by atoms with Crippen molar-refractivity contribution in [1.29, 1.82) is 0 Å². The van der Waals surface area contributed by atoms with Crippen molar-refractivity contribution < 1.29 is 29.4 Å². The van der Waals surface area contributed by atoms with Crippen LogP contribution in [-0.4, -0.2) is 11.1 Å². The molecule has 0 saturated heterocycles. The van der Waals surface area contributed by atoms with Gasteiger partial charge in [-0.25, -0.2) is 0 Å². The van der Waals surface area contributed by atoms with Gasteiger partial charge in [-0.15, -0.1) is 0 Å². The topological polar surface area (TPSA) is 37.3 Å². The predicted octanol–water partition coefficient (Wildman–Crippen LogP) is 1.50. The third kappa shape index (κ3) is 3.63. The maximum Gasteiger partial charge on any atom is 0.309 e. The fourth-order valence-electron chi connectivity index (χ4n) is 0.151. The van der Waals surface area contributed by atoms with E-state index in [-0.39, 0.29) is 19.5 Å². The minimum Gasteiger partial charge on any atom is -0.481 e. The van der Waals surface area contributed by atoms with Gasteiger partial charge in [-0.1, -0.05) is 6.92 Å². The van der Waals surface area contributed by atoms with Gasteiger partial charge < -0.3 is 5.11 Å². The summed E-state index contributed by atoms with van der Waals surface area (Å²) in [6.45, 7) is 5.30. The first-order valence-electron chi connectivity index (χ1n) is 2.74. The van der Waals surface area contributed by atoms with Crippen LogP contribution in [0.1, 0.15) is 27.2 Å². The molecule has 3 heteroatoms. The third-order valence-electron chi connectivity index (χ3n) is 1.46.